The van der Waals surface area contributed by atoms with Gasteiger partial charge in [-0.3, -0.25) is 10.1 Å². The van der Waals surface area contributed by atoms with Crippen molar-refractivity contribution in [2.45, 2.75) is 27.3 Å². The van der Waals surface area contributed by atoms with Gasteiger partial charge in [0.25, 0.3) is 5.69 Å². The van der Waals surface area contributed by atoms with E-state index in [1.807, 2.05) is 26.8 Å². The summed E-state index contributed by atoms with van der Waals surface area (Å²) < 4.78 is 0. The molecule has 5 nitrogen and oxygen atoms in total. The van der Waals surface area contributed by atoms with Crippen LogP contribution in [-0.2, 0) is 6.54 Å². The zero-order chi connectivity index (χ0) is 14.0. The number of thiazole rings is 1. The van der Waals surface area contributed by atoms with E-state index in [0.717, 1.165) is 21.1 Å². The van der Waals surface area contributed by atoms with Crippen molar-refractivity contribution in [3.8, 4) is 0 Å². The van der Waals surface area contributed by atoms with Crippen LogP contribution in [0, 0.1) is 30.9 Å². The lowest BCUT2D eigenvalue weighted by molar-refractivity contribution is -0.384. The molecule has 0 atom stereocenters. The Morgan fingerprint density at radius 3 is 2.68 bits per heavy atom. The summed E-state index contributed by atoms with van der Waals surface area (Å²) >= 11 is 1.63. The Balaban J connectivity index is 2.20. The maximum Gasteiger partial charge on any atom is 0.292 e. The fourth-order valence-corrected chi connectivity index (χ4v) is 2.69. The second kappa shape index (κ2) is 5.36. The number of anilines is 1. The van der Waals surface area contributed by atoms with Crippen LogP contribution >= 0.6 is 11.3 Å². The van der Waals surface area contributed by atoms with Crippen molar-refractivity contribution >= 4 is 22.7 Å². The normalized spacial score (nSPS) is 10.5. The number of nitro benzene ring substituents is 1. The highest BCUT2D eigenvalue weighted by molar-refractivity contribution is 7.11. The minimum atomic E-state index is -0.367. The number of nitrogens with one attached hydrogen (secondary N) is 1. The molecule has 1 N–H and O–H groups in total. The summed E-state index contributed by atoms with van der Waals surface area (Å²) in [4.78, 5) is 16.2. The number of aryl methyl sites for hydroxylation is 3. The second-order valence-electron chi connectivity index (χ2n) is 4.37. The fraction of sp³-hybridized carbons (Fsp3) is 0.308. The van der Waals surface area contributed by atoms with E-state index in [9.17, 15) is 10.1 Å². The Morgan fingerprint density at radius 1 is 1.37 bits per heavy atom. The van der Waals surface area contributed by atoms with E-state index in [1.165, 1.54) is 0 Å². The van der Waals surface area contributed by atoms with Crippen LogP contribution in [0.5, 0.6) is 0 Å². The van der Waals surface area contributed by atoms with Gasteiger partial charge in [-0.25, -0.2) is 4.98 Å². The summed E-state index contributed by atoms with van der Waals surface area (Å²) in [5, 5.41) is 15.1. The lowest BCUT2D eigenvalue weighted by Gasteiger charge is -2.06. The molecule has 0 saturated heterocycles. The zero-order valence-corrected chi connectivity index (χ0v) is 11.9. The molecule has 0 fully saturated rings. The molecule has 2 aromatic rings. The first-order valence-electron chi connectivity index (χ1n) is 5.89. The van der Waals surface area contributed by atoms with Crippen LogP contribution in [0.3, 0.4) is 0 Å². The number of hydrogen-bond acceptors (Lipinski definition) is 5. The molecule has 100 valence electrons. The third kappa shape index (κ3) is 3.08. The van der Waals surface area contributed by atoms with Crippen molar-refractivity contribution in [1.82, 2.24) is 4.98 Å². The molecular weight excluding hydrogens is 262 g/mol. The van der Waals surface area contributed by atoms with Crippen LogP contribution in [0.2, 0.25) is 0 Å². The molecule has 0 saturated carbocycles. The standard InChI is InChI=1S/C13H15N3O2S/c1-8-4-5-11(13(6-8)16(17)18)14-7-12-9(2)19-10(3)15-12/h4-6,14H,7H2,1-3H3. The van der Waals surface area contributed by atoms with E-state index in [-0.39, 0.29) is 10.6 Å². The second-order valence-corrected chi connectivity index (χ2v) is 5.77. The summed E-state index contributed by atoms with van der Waals surface area (Å²) in [5.41, 5.74) is 2.44. The molecule has 0 spiro atoms. The van der Waals surface area contributed by atoms with E-state index < -0.39 is 0 Å². The average molecular weight is 277 g/mol. The Bertz CT molecular complexity index is 622. The Kier molecular flexibility index (Phi) is 3.80. The molecule has 0 amide bonds. The van der Waals surface area contributed by atoms with Gasteiger partial charge in [0.15, 0.2) is 0 Å². The van der Waals surface area contributed by atoms with Gasteiger partial charge in [0.2, 0.25) is 0 Å². The average Bonchev–Trinajstić information content (AvgIpc) is 2.66. The highest BCUT2D eigenvalue weighted by Gasteiger charge is 2.14. The van der Waals surface area contributed by atoms with Gasteiger partial charge in [-0.1, -0.05) is 6.07 Å². The van der Waals surface area contributed by atoms with Crippen LogP contribution in [0.4, 0.5) is 11.4 Å². The first-order valence-corrected chi connectivity index (χ1v) is 6.71. The summed E-state index contributed by atoms with van der Waals surface area (Å²) in [6.07, 6.45) is 0. The third-order valence-corrected chi connectivity index (χ3v) is 3.72. The number of hydrogen-bond donors (Lipinski definition) is 1. The van der Waals surface area contributed by atoms with Crippen molar-refractivity contribution in [3.63, 3.8) is 0 Å². The first kappa shape index (κ1) is 13.5. The third-order valence-electron chi connectivity index (χ3n) is 2.80. The molecule has 0 radical (unpaired) electrons. The molecule has 0 aliphatic rings. The van der Waals surface area contributed by atoms with Gasteiger partial charge in [-0.05, 0) is 32.4 Å². The van der Waals surface area contributed by atoms with Crippen molar-refractivity contribution in [2.75, 3.05) is 5.32 Å². The van der Waals surface area contributed by atoms with Gasteiger partial charge < -0.3 is 5.32 Å². The molecule has 0 aliphatic carbocycles. The molecule has 19 heavy (non-hydrogen) atoms. The van der Waals surface area contributed by atoms with E-state index in [2.05, 4.69) is 10.3 Å². The SMILES string of the molecule is Cc1ccc(NCc2nc(C)sc2C)c([N+](=O)[O-])c1. The van der Waals surface area contributed by atoms with Gasteiger partial charge in [0.05, 0.1) is 22.2 Å². The maximum absolute atomic E-state index is 11.0. The van der Waals surface area contributed by atoms with Gasteiger partial charge in [0.1, 0.15) is 5.69 Å². The smallest absolute Gasteiger partial charge is 0.292 e. The van der Waals surface area contributed by atoms with Crippen molar-refractivity contribution < 1.29 is 4.92 Å². The Hall–Kier alpha value is -1.95. The van der Waals surface area contributed by atoms with Gasteiger partial charge in [0, 0.05) is 10.9 Å². The molecule has 0 aliphatic heterocycles. The predicted molar refractivity (Wildman–Crippen MR) is 76.7 cm³/mol. The first-order chi connectivity index (χ1) is 8.97. The van der Waals surface area contributed by atoms with E-state index in [1.54, 1.807) is 23.5 Å². The molecule has 1 aromatic heterocycles. The van der Waals surface area contributed by atoms with Crippen LogP contribution in [0.25, 0.3) is 0 Å². The van der Waals surface area contributed by atoms with Crippen LogP contribution in [0.15, 0.2) is 18.2 Å². The lowest BCUT2D eigenvalue weighted by Crippen LogP contribution is -2.04. The van der Waals surface area contributed by atoms with Crippen LogP contribution in [-0.4, -0.2) is 9.91 Å². The monoisotopic (exact) mass is 277 g/mol. The lowest BCUT2D eigenvalue weighted by atomic mass is 10.2. The van der Waals surface area contributed by atoms with Crippen LogP contribution < -0.4 is 5.32 Å². The zero-order valence-electron chi connectivity index (χ0n) is 11.1. The number of aromatic nitrogens is 1. The Morgan fingerprint density at radius 2 is 2.11 bits per heavy atom. The number of rotatable bonds is 4. The highest BCUT2D eigenvalue weighted by Crippen LogP contribution is 2.26. The molecule has 0 bridgehead atoms. The topological polar surface area (TPSA) is 68.1 Å². The van der Waals surface area contributed by atoms with E-state index in [4.69, 9.17) is 0 Å². The van der Waals surface area contributed by atoms with E-state index >= 15 is 0 Å². The van der Waals surface area contributed by atoms with E-state index in [0.29, 0.717) is 12.2 Å². The van der Waals surface area contributed by atoms with Crippen LogP contribution in [0.1, 0.15) is 21.1 Å². The number of nitro groups is 1. The summed E-state index contributed by atoms with van der Waals surface area (Å²) in [6, 6.07) is 5.16. The number of benzene rings is 1. The summed E-state index contributed by atoms with van der Waals surface area (Å²) in [5.74, 6) is 0. The van der Waals surface area contributed by atoms with Gasteiger partial charge in [-0.2, -0.15) is 0 Å². The Labute approximate surface area is 115 Å². The fourth-order valence-electron chi connectivity index (χ4n) is 1.86. The molecular formula is C13H15N3O2S. The van der Waals surface area contributed by atoms with Gasteiger partial charge >= 0.3 is 0 Å². The van der Waals surface area contributed by atoms with Crippen molar-refractivity contribution in [1.29, 1.82) is 0 Å². The minimum Gasteiger partial charge on any atom is -0.374 e. The van der Waals surface area contributed by atoms with Crippen molar-refractivity contribution in [3.05, 3.63) is 49.5 Å². The maximum atomic E-state index is 11.0. The molecule has 1 heterocycles. The summed E-state index contributed by atoms with van der Waals surface area (Å²) in [6.45, 7) is 6.30. The number of nitrogens with zero attached hydrogens (tertiary/aromatic N) is 2. The molecule has 0 unspecified atom stereocenters. The highest BCUT2D eigenvalue weighted by atomic mass is 32.1. The minimum absolute atomic E-state index is 0.101. The quantitative estimate of drug-likeness (QED) is 0.685. The van der Waals surface area contributed by atoms with Crippen molar-refractivity contribution in [2.24, 2.45) is 0 Å². The van der Waals surface area contributed by atoms with Gasteiger partial charge in [-0.15, -0.1) is 11.3 Å². The largest absolute Gasteiger partial charge is 0.374 e. The predicted octanol–water partition coefficient (Wildman–Crippen LogP) is 3.59. The molecule has 1 aromatic carbocycles. The molecule has 6 heteroatoms. The summed E-state index contributed by atoms with van der Waals surface area (Å²) in [7, 11) is 0. The molecule has 2 rings (SSSR count).